The molecule has 1 aromatic rings. The van der Waals surface area contributed by atoms with E-state index in [1.807, 2.05) is 24.3 Å². The Balaban J connectivity index is 2.62. The number of hydrogen-bond donors (Lipinski definition) is 1. The fourth-order valence-electron chi connectivity index (χ4n) is 3.59. The molecule has 0 saturated heterocycles. The van der Waals surface area contributed by atoms with Crippen molar-refractivity contribution in [3.05, 3.63) is 42.0 Å². The molecule has 5 nitrogen and oxygen atoms in total. The van der Waals surface area contributed by atoms with Gasteiger partial charge in [0.1, 0.15) is 12.4 Å². The van der Waals surface area contributed by atoms with Gasteiger partial charge < -0.3 is 14.8 Å². The van der Waals surface area contributed by atoms with Crippen molar-refractivity contribution in [2.75, 3.05) is 13.2 Å². The van der Waals surface area contributed by atoms with Gasteiger partial charge in [-0.1, -0.05) is 59.8 Å². The van der Waals surface area contributed by atoms with Gasteiger partial charge in [-0.2, -0.15) is 0 Å². The number of nitrogens with one attached hydrogen (secondary N) is 1. The third-order valence-electron chi connectivity index (χ3n) is 4.94. The first kappa shape index (κ1) is 23.7. The van der Waals surface area contributed by atoms with E-state index >= 15 is 0 Å². The highest BCUT2D eigenvalue weighted by Crippen LogP contribution is 2.38. The fraction of sp³-hybridized carbons (Fsp3) is 0.565. The van der Waals surface area contributed by atoms with E-state index in [0.717, 1.165) is 6.42 Å². The second-order valence-electron chi connectivity index (χ2n) is 7.89. The van der Waals surface area contributed by atoms with Gasteiger partial charge in [0.15, 0.2) is 0 Å². The van der Waals surface area contributed by atoms with E-state index in [0.29, 0.717) is 35.0 Å². The number of benzene rings is 1. The highest BCUT2D eigenvalue weighted by Gasteiger charge is 2.27. The summed E-state index contributed by atoms with van der Waals surface area (Å²) in [6, 6.07) is 7.76. The summed E-state index contributed by atoms with van der Waals surface area (Å²) >= 11 is 0. The molecule has 1 amide bonds. The molecule has 0 spiro atoms. The quantitative estimate of drug-likeness (QED) is 0.334. The first-order chi connectivity index (χ1) is 13.2. The van der Waals surface area contributed by atoms with Crippen LogP contribution in [0.4, 0.5) is 4.79 Å². The van der Waals surface area contributed by atoms with Crippen molar-refractivity contribution >= 4 is 12.1 Å². The maximum atomic E-state index is 11.9. The van der Waals surface area contributed by atoms with E-state index in [4.69, 9.17) is 9.47 Å². The van der Waals surface area contributed by atoms with Gasteiger partial charge in [0, 0.05) is 5.57 Å². The molecule has 1 rings (SSSR count). The van der Waals surface area contributed by atoms with Crippen LogP contribution in [0.25, 0.3) is 0 Å². The summed E-state index contributed by atoms with van der Waals surface area (Å²) in [6.45, 7) is 16.6. The standard InChI is InChI=1S/C23H35NO4/c1-8-20(15(2)3)21(16(4)5)18-9-11-19(12-10-18)28-23(26)24-13-14-27-22(25)17(6)7/h9-12,15-16,20-21H,6,8,13-14H2,1-5,7H3,(H,24,26). The molecule has 0 saturated carbocycles. The van der Waals surface area contributed by atoms with Crippen LogP contribution >= 0.6 is 0 Å². The Hall–Kier alpha value is -2.30. The fourth-order valence-corrected chi connectivity index (χ4v) is 3.59. The van der Waals surface area contributed by atoms with E-state index < -0.39 is 12.1 Å². The molecule has 0 fully saturated rings. The molecule has 0 radical (unpaired) electrons. The molecule has 5 heteroatoms. The molecule has 28 heavy (non-hydrogen) atoms. The van der Waals surface area contributed by atoms with Gasteiger partial charge in [0.25, 0.3) is 0 Å². The van der Waals surface area contributed by atoms with E-state index in [1.165, 1.54) is 5.56 Å². The van der Waals surface area contributed by atoms with Crippen LogP contribution in [0.2, 0.25) is 0 Å². The molecular weight excluding hydrogens is 354 g/mol. The third-order valence-corrected chi connectivity index (χ3v) is 4.94. The summed E-state index contributed by atoms with van der Waals surface area (Å²) < 4.78 is 10.2. The van der Waals surface area contributed by atoms with Crippen molar-refractivity contribution in [3.8, 4) is 5.75 Å². The lowest BCUT2D eigenvalue weighted by Gasteiger charge is -2.33. The number of carbonyl (C=O) groups excluding carboxylic acids is 2. The molecule has 0 heterocycles. The second kappa shape index (κ2) is 11.5. The highest BCUT2D eigenvalue weighted by atomic mass is 16.6. The Bertz CT molecular complexity index is 649. The summed E-state index contributed by atoms with van der Waals surface area (Å²) in [5.41, 5.74) is 1.60. The van der Waals surface area contributed by atoms with Gasteiger partial charge >= 0.3 is 12.1 Å². The van der Waals surface area contributed by atoms with Crippen molar-refractivity contribution in [1.29, 1.82) is 0 Å². The Labute approximate surface area is 169 Å². The summed E-state index contributed by atoms with van der Waals surface area (Å²) in [5.74, 6) is 2.23. The summed E-state index contributed by atoms with van der Waals surface area (Å²) in [7, 11) is 0. The number of rotatable bonds is 10. The largest absolute Gasteiger partial charge is 0.460 e. The van der Waals surface area contributed by atoms with Crippen LogP contribution in [0.5, 0.6) is 5.75 Å². The SMILES string of the molecule is C=C(C)C(=O)OCCNC(=O)Oc1ccc(C(C(C)C)C(CC)C(C)C)cc1. The number of hydrogen-bond acceptors (Lipinski definition) is 4. The maximum absolute atomic E-state index is 11.9. The molecule has 0 aliphatic heterocycles. The first-order valence-corrected chi connectivity index (χ1v) is 10.1. The lowest BCUT2D eigenvalue weighted by molar-refractivity contribution is -0.138. The van der Waals surface area contributed by atoms with Crippen molar-refractivity contribution in [2.45, 2.75) is 53.9 Å². The minimum Gasteiger partial charge on any atom is -0.460 e. The predicted molar refractivity (Wildman–Crippen MR) is 112 cm³/mol. The van der Waals surface area contributed by atoms with E-state index in [1.54, 1.807) is 6.92 Å². The number of amides is 1. The Morgan fingerprint density at radius 2 is 1.68 bits per heavy atom. The zero-order valence-corrected chi connectivity index (χ0v) is 18.1. The number of carbonyl (C=O) groups is 2. The average Bonchev–Trinajstić information content (AvgIpc) is 2.63. The van der Waals surface area contributed by atoms with Gasteiger partial charge in [-0.3, -0.25) is 0 Å². The van der Waals surface area contributed by atoms with Crippen LogP contribution in [0, 0.1) is 17.8 Å². The topological polar surface area (TPSA) is 64.6 Å². The van der Waals surface area contributed by atoms with Crippen LogP contribution in [0.3, 0.4) is 0 Å². The normalized spacial score (nSPS) is 13.1. The average molecular weight is 390 g/mol. The zero-order valence-electron chi connectivity index (χ0n) is 18.1. The molecule has 1 N–H and O–H groups in total. The van der Waals surface area contributed by atoms with E-state index in [-0.39, 0.29) is 13.2 Å². The molecule has 2 atom stereocenters. The van der Waals surface area contributed by atoms with Crippen molar-refractivity contribution in [1.82, 2.24) is 5.32 Å². The Kier molecular flexibility index (Phi) is 9.77. The summed E-state index contributed by atoms with van der Waals surface area (Å²) in [5, 5.41) is 2.56. The van der Waals surface area contributed by atoms with Gasteiger partial charge in [0.2, 0.25) is 0 Å². The van der Waals surface area contributed by atoms with Crippen LogP contribution < -0.4 is 10.1 Å². The third kappa shape index (κ3) is 7.37. The van der Waals surface area contributed by atoms with E-state index in [2.05, 4.69) is 46.5 Å². The Morgan fingerprint density at radius 3 is 2.14 bits per heavy atom. The molecule has 0 aliphatic carbocycles. The smallest absolute Gasteiger partial charge is 0.412 e. The van der Waals surface area contributed by atoms with E-state index in [9.17, 15) is 9.59 Å². The van der Waals surface area contributed by atoms with Crippen molar-refractivity contribution in [2.24, 2.45) is 17.8 Å². The molecule has 0 aromatic heterocycles. The van der Waals surface area contributed by atoms with Gasteiger partial charge in [-0.15, -0.1) is 0 Å². The summed E-state index contributed by atoms with van der Waals surface area (Å²) in [6.07, 6.45) is 0.560. The second-order valence-corrected chi connectivity index (χ2v) is 7.89. The molecule has 1 aromatic carbocycles. The first-order valence-electron chi connectivity index (χ1n) is 10.1. The molecule has 156 valence electrons. The maximum Gasteiger partial charge on any atom is 0.412 e. The van der Waals surface area contributed by atoms with Gasteiger partial charge in [0.05, 0.1) is 6.54 Å². The van der Waals surface area contributed by atoms with Crippen molar-refractivity contribution in [3.63, 3.8) is 0 Å². The molecule has 2 unspecified atom stereocenters. The van der Waals surface area contributed by atoms with Crippen LogP contribution in [-0.4, -0.2) is 25.2 Å². The number of ether oxygens (including phenoxy) is 2. The van der Waals surface area contributed by atoms with Crippen molar-refractivity contribution < 1.29 is 19.1 Å². The lowest BCUT2D eigenvalue weighted by Crippen LogP contribution is -2.30. The minimum absolute atomic E-state index is 0.0728. The minimum atomic E-state index is -0.576. The lowest BCUT2D eigenvalue weighted by atomic mass is 9.72. The zero-order chi connectivity index (χ0) is 21.3. The van der Waals surface area contributed by atoms with Crippen LogP contribution in [0.15, 0.2) is 36.4 Å². The van der Waals surface area contributed by atoms with Gasteiger partial charge in [-0.25, -0.2) is 9.59 Å². The van der Waals surface area contributed by atoms with Crippen LogP contribution in [0.1, 0.15) is 59.4 Å². The Morgan fingerprint density at radius 1 is 1.07 bits per heavy atom. The monoisotopic (exact) mass is 389 g/mol. The summed E-state index contributed by atoms with van der Waals surface area (Å²) in [4.78, 5) is 23.1. The molecule has 0 bridgehead atoms. The molecular formula is C23H35NO4. The number of esters is 1. The predicted octanol–water partition coefficient (Wildman–Crippen LogP) is 5.32. The molecule has 0 aliphatic rings. The van der Waals surface area contributed by atoms with Gasteiger partial charge in [-0.05, 0) is 48.3 Å². The van der Waals surface area contributed by atoms with Crippen LogP contribution in [-0.2, 0) is 9.53 Å². The highest BCUT2D eigenvalue weighted by molar-refractivity contribution is 5.86.